The molecule has 8 heavy (non-hydrogen) atoms. The molecule has 0 spiro atoms. The largest absolute Gasteiger partial charge is 0.457 e. The molecule has 1 radical (unpaired) electrons. The molecule has 0 saturated heterocycles. The molecule has 0 amide bonds. The zero-order valence-electron chi connectivity index (χ0n) is 4.26. The topological polar surface area (TPSA) is 26.3 Å². The van der Waals surface area contributed by atoms with Crippen molar-refractivity contribution in [3.8, 4) is 0 Å². The Labute approximate surface area is 47.0 Å². The second-order valence-corrected chi connectivity index (χ2v) is 1.08. The molecule has 0 aliphatic carbocycles. The average molecular weight is 117 g/mol. The molecule has 45 valence electrons. The highest BCUT2D eigenvalue weighted by atomic mass is 19.1. The van der Waals surface area contributed by atoms with Crippen LogP contribution in [0.1, 0.15) is 6.42 Å². The van der Waals surface area contributed by atoms with Crippen LogP contribution in [0.4, 0.5) is 4.39 Å². The lowest BCUT2D eigenvalue weighted by Crippen LogP contribution is -1.87. The minimum atomic E-state index is 0.198. The summed E-state index contributed by atoms with van der Waals surface area (Å²) in [6, 6.07) is 0. The fourth-order valence-corrected chi connectivity index (χ4v) is 0.232. The van der Waals surface area contributed by atoms with E-state index in [-0.39, 0.29) is 6.61 Å². The van der Waals surface area contributed by atoms with Gasteiger partial charge in [0.1, 0.15) is 0 Å². The van der Waals surface area contributed by atoms with Crippen LogP contribution in [0.5, 0.6) is 0 Å². The molecule has 2 nitrogen and oxygen atoms in total. The first-order valence-electron chi connectivity index (χ1n) is 2.16. The van der Waals surface area contributed by atoms with Gasteiger partial charge in [0.2, 0.25) is 0 Å². The Hall–Kier alpha value is -0.860. The maximum absolute atomic E-state index is 11.1. The van der Waals surface area contributed by atoms with Crippen LogP contribution in [-0.4, -0.2) is 13.1 Å². The quantitative estimate of drug-likeness (QED) is 0.512. The van der Waals surface area contributed by atoms with E-state index in [0.29, 0.717) is 12.8 Å². The number of ether oxygens (including phenoxy) is 1. The lowest BCUT2D eigenvalue weighted by Gasteiger charge is -1.86. The Kier molecular flexibility index (Phi) is 5.48. The Morgan fingerprint density at radius 3 is 3.00 bits per heavy atom. The van der Waals surface area contributed by atoms with E-state index in [1.165, 1.54) is 12.5 Å². The molecule has 0 aromatic heterocycles. The van der Waals surface area contributed by atoms with Crippen molar-refractivity contribution in [1.29, 1.82) is 0 Å². The van der Waals surface area contributed by atoms with E-state index in [9.17, 15) is 9.18 Å². The van der Waals surface area contributed by atoms with Crippen molar-refractivity contribution in [2.24, 2.45) is 0 Å². The third-order valence-corrected chi connectivity index (χ3v) is 0.535. The predicted octanol–water partition coefficient (Wildman–Crippen LogP) is 0.944. The summed E-state index contributed by atoms with van der Waals surface area (Å²) in [7, 11) is 0. The maximum atomic E-state index is 11.1. The molecule has 0 atom stereocenters. The average Bonchev–Trinajstić information content (AvgIpc) is 1.81. The van der Waals surface area contributed by atoms with Gasteiger partial charge in [-0.2, -0.15) is 0 Å². The lowest BCUT2D eigenvalue weighted by atomic mass is 10.5. The van der Waals surface area contributed by atoms with Gasteiger partial charge in [-0.15, -0.1) is 0 Å². The molecule has 0 N–H and O–H groups in total. The summed E-state index contributed by atoms with van der Waals surface area (Å²) in [5, 5.41) is 0. The van der Waals surface area contributed by atoms with E-state index >= 15 is 0 Å². The second-order valence-electron chi connectivity index (χ2n) is 1.08. The van der Waals surface area contributed by atoms with Gasteiger partial charge in [0, 0.05) is 6.42 Å². The molecule has 0 fully saturated rings. The van der Waals surface area contributed by atoms with Crippen molar-refractivity contribution >= 4 is 6.47 Å². The first kappa shape index (κ1) is 7.14. The van der Waals surface area contributed by atoms with Gasteiger partial charge in [-0.05, 0) is 0 Å². The Bertz CT molecular complexity index is 80.5. The standard InChI is InChI=1S/C5H6FO2/c6-3-1-2-4-8-5-7/h1,3H,2,4H2/b3-1+. The third kappa shape index (κ3) is 5.14. The van der Waals surface area contributed by atoms with Gasteiger partial charge in [0.25, 0.3) is 0 Å². The molecule has 0 rings (SSSR count). The fourth-order valence-electron chi connectivity index (χ4n) is 0.232. The normalized spacial score (nSPS) is 9.62. The minimum absolute atomic E-state index is 0.198. The number of hydrogen-bond acceptors (Lipinski definition) is 2. The van der Waals surface area contributed by atoms with Gasteiger partial charge in [0.05, 0.1) is 12.9 Å². The molecule has 3 heteroatoms. The monoisotopic (exact) mass is 117 g/mol. The van der Waals surface area contributed by atoms with Crippen molar-refractivity contribution in [3.63, 3.8) is 0 Å². The molecule has 0 unspecified atom stereocenters. The van der Waals surface area contributed by atoms with Gasteiger partial charge in [-0.25, -0.2) is 9.18 Å². The van der Waals surface area contributed by atoms with Gasteiger partial charge in [0.15, 0.2) is 0 Å². The van der Waals surface area contributed by atoms with Crippen molar-refractivity contribution in [2.75, 3.05) is 6.61 Å². The van der Waals surface area contributed by atoms with E-state index in [1.54, 1.807) is 0 Å². The predicted molar refractivity (Wildman–Crippen MR) is 26.5 cm³/mol. The van der Waals surface area contributed by atoms with E-state index in [1.807, 2.05) is 0 Å². The summed E-state index contributed by atoms with van der Waals surface area (Å²) in [5.41, 5.74) is 0. The molecule has 0 aromatic carbocycles. The summed E-state index contributed by atoms with van der Waals surface area (Å²) in [6.07, 6.45) is 2.08. The SMILES string of the molecule is O=[C]OCC/C=C/F. The van der Waals surface area contributed by atoms with Crippen LogP contribution in [0.3, 0.4) is 0 Å². The van der Waals surface area contributed by atoms with Crippen molar-refractivity contribution in [2.45, 2.75) is 6.42 Å². The highest BCUT2D eigenvalue weighted by Gasteiger charge is 1.78. The Balaban J connectivity index is 2.82. The lowest BCUT2D eigenvalue weighted by molar-refractivity contribution is 0.283. The zero-order chi connectivity index (χ0) is 6.24. The summed E-state index contributed by atoms with van der Waals surface area (Å²) in [4.78, 5) is 9.30. The van der Waals surface area contributed by atoms with Crippen LogP contribution >= 0.6 is 0 Å². The highest BCUT2D eigenvalue weighted by molar-refractivity contribution is 5.38. The molecule has 0 bridgehead atoms. The first-order valence-corrected chi connectivity index (χ1v) is 2.16. The van der Waals surface area contributed by atoms with Crippen LogP contribution in [0.15, 0.2) is 12.4 Å². The van der Waals surface area contributed by atoms with Gasteiger partial charge < -0.3 is 4.74 Å². The number of rotatable bonds is 4. The van der Waals surface area contributed by atoms with Crippen LogP contribution < -0.4 is 0 Å². The molecular formula is C5H6FO2. The van der Waals surface area contributed by atoms with E-state index in [2.05, 4.69) is 4.74 Å². The van der Waals surface area contributed by atoms with Gasteiger partial charge in [-0.1, -0.05) is 6.08 Å². The number of carbonyl (C=O) groups excluding carboxylic acids is 1. The summed E-state index contributed by atoms with van der Waals surface area (Å²) < 4.78 is 15.2. The number of hydrogen-bond donors (Lipinski definition) is 0. The Morgan fingerprint density at radius 1 is 1.75 bits per heavy atom. The minimum Gasteiger partial charge on any atom is -0.457 e. The van der Waals surface area contributed by atoms with Crippen molar-refractivity contribution in [1.82, 2.24) is 0 Å². The van der Waals surface area contributed by atoms with Gasteiger partial charge >= 0.3 is 6.47 Å². The zero-order valence-corrected chi connectivity index (χ0v) is 4.26. The third-order valence-electron chi connectivity index (χ3n) is 0.535. The summed E-state index contributed by atoms with van der Waals surface area (Å²) in [5.74, 6) is 0. The molecule has 0 heterocycles. The first-order chi connectivity index (χ1) is 3.91. The molecular weight excluding hydrogens is 111 g/mol. The fraction of sp³-hybridized carbons (Fsp3) is 0.400. The van der Waals surface area contributed by atoms with Crippen LogP contribution in [0.25, 0.3) is 0 Å². The molecule has 0 aliphatic heterocycles. The highest BCUT2D eigenvalue weighted by Crippen LogP contribution is 1.82. The van der Waals surface area contributed by atoms with Crippen LogP contribution in [-0.2, 0) is 9.53 Å². The molecule has 0 aromatic rings. The van der Waals surface area contributed by atoms with Crippen LogP contribution in [0, 0.1) is 0 Å². The van der Waals surface area contributed by atoms with E-state index < -0.39 is 0 Å². The number of halogens is 1. The molecule has 0 aliphatic rings. The van der Waals surface area contributed by atoms with Crippen molar-refractivity contribution in [3.05, 3.63) is 12.4 Å². The van der Waals surface area contributed by atoms with E-state index in [4.69, 9.17) is 0 Å². The van der Waals surface area contributed by atoms with Crippen molar-refractivity contribution < 1.29 is 13.9 Å². The summed E-state index contributed by atoms with van der Waals surface area (Å²) in [6.45, 7) is 1.42. The second kappa shape index (κ2) is 6.14. The maximum Gasteiger partial charge on any atom is 0.417 e. The summed E-state index contributed by atoms with van der Waals surface area (Å²) >= 11 is 0. The van der Waals surface area contributed by atoms with E-state index in [0.717, 1.165) is 0 Å². The molecule has 0 saturated carbocycles. The van der Waals surface area contributed by atoms with Crippen LogP contribution in [0.2, 0.25) is 0 Å². The van der Waals surface area contributed by atoms with Gasteiger partial charge in [-0.3, -0.25) is 0 Å². The smallest absolute Gasteiger partial charge is 0.417 e. The Morgan fingerprint density at radius 2 is 2.50 bits per heavy atom.